The van der Waals surface area contributed by atoms with Crippen molar-refractivity contribution in [2.24, 2.45) is 11.8 Å². The van der Waals surface area contributed by atoms with E-state index in [0.29, 0.717) is 17.9 Å². The number of hydrogen-bond acceptors (Lipinski definition) is 2. The third kappa shape index (κ3) is 3.73. The predicted molar refractivity (Wildman–Crippen MR) is 48.7 cm³/mol. The van der Waals surface area contributed by atoms with Gasteiger partial charge in [0.1, 0.15) is 0 Å². The second-order valence-corrected chi connectivity index (χ2v) is 3.49. The Kier molecular flexibility index (Phi) is 5.51. The van der Waals surface area contributed by atoms with Gasteiger partial charge in [-0.3, -0.25) is 0 Å². The van der Waals surface area contributed by atoms with Crippen LogP contribution in [0.25, 0.3) is 0 Å². The summed E-state index contributed by atoms with van der Waals surface area (Å²) in [5.74, 6) is 1.26. The van der Waals surface area contributed by atoms with E-state index in [9.17, 15) is 0 Å². The van der Waals surface area contributed by atoms with Gasteiger partial charge in [-0.05, 0) is 18.9 Å². The third-order valence-corrected chi connectivity index (χ3v) is 2.09. The molecule has 0 bridgehead atoms. The molecule has 0 heterocycles. The number of nitrogens with one attached hydrogen (secondary N) is 1. The zero-order valence-corrected chi connectivity index (χ0v) is 8.35. The van der Waals surface area contributed by atoms with E-state index < -0.39 is 0 Å². The highest BCUT2D eigenvalue weighted by Gasteiger charge is 2.17. The molecular weight excluding hydrogens is 138 g/mol. The summed E-state index contributed by atoms with van der Waals surface area (Å²) in [7, 11) is 3.76. The molecule has 2 heteroatoms. The maximum atomic E-state index is 5.10. The monoisotopic (exact) mass is 159 g/mol. The highest BCUT2D eigenvalue weighted by Crippen LogP contribution is 2.11. The predicted octanol–water partition coefficient (Wildman–Crippen LogP) is 1.51. The van der Waals surface area contributed by atoms with Crippen LogP contribution in [0.2, 0.25) is 0 Å². The van der Waals surface area contributed by atoms with E-state index in [2.05, 4.69) is 26.1 Å². The fourth-order valence-electron chi connectivity index (χ4n) is 1.64. The van der Waals surface area contributed by atoms with Gasteiger partial charge in [0.25, 0.3) is 0 Å². The van der Waals surface area contributed by atoms with Gasteiger partial charge in [0.15, 0.2) is 0 Å². The van der Waals surface area contributed by atoms with Crippen molar-refractivity contribution in [1.29, 1.82) is 0 Å². The molecule has 0 rings (SSSR count). The first kappa shape index (κ1) is 10.9. The molecule has 2 unspecified atom stereocenters. The van der Waals surface area contributed by atoms with Gasteiger partial charge in [-0.1, -0.05) is 20.8 Å². The lowest BCUT2D eigenvalue weighted by Crippen LogP contribution is -2.38. The highest BCUT2D eigenvalue weighted by atomic mass is 16.5. The van der Waals surface area contributed by atoms with E-state index in [4.69, 9.17) is 4.74 Å². The molecule has 2 atom stereocenters. The summed E-state index contributed by atoms with van der Waals surface area (Å²) in [5, 5.41) is 3.31. The molecule has 0 aromatic rings. The fraction of sp³-hybridized carbons (Fsp3) is 1.00. The molecule has 0 aromatic carbocycles. The van der Waals surface area contributed by atoms with Gasteiger partial charge in [-0.2, -0.15) is 0 Å². The number of hydrogen-bond donors (Lipinski definition) is 1. The molecule has 0 radical (unpaired) electrons. The lowest BCUT2D eigenvalue weighted by Gasteiger charge is -2.26. The summed E-state index contributed by atoms with van der Waals surface area (Å²) in [5.41, 5.74) is 0. The molecule has 0 aliphatic heterocycles. The minimum absolute atomic E-state index is 0.565. The van der Waals surface area contributed by atoms with Crippen molar-refractivity contribution in [3.05, 3.63) is 0 Å². The Morgan fingerprint density at radius 3 is 2.09 bits per heavy atom. The van der Waals surface area contributed by atoms with Crippen LogP contribution < -0.4 is 5.32 Å². The van der Waals surface area contributed by atoms with Crippen LogP contribution in [0.1, 0.15) is 20.8 Å². The van der Waals surface area contributed by atoms with Crippen molar-refractivity contribution >= 4 is 0 Å². The van der Waals surface area contributed by atoms with Crippen molar-refractivity contribution in [3.8, 4) is 0 Å². The van der Waals surface area contributed by atoms with Gasteiger partial charge in [0, 0.05) is 13.2 Å². The summed E-state index contributed by atoms with van der Waals surface area (Å²) in [6.45, 7) is 7.51. The molecule has 68 valence electrons. The molecule has 0 fully saturated rings. The molecule has 0 aliphatic rings. The summed E-state index contributed by atoms with van der Waals surface area (Å²) < 4.78 is 5.10. The van der Waals surface area contributed by atoms with Gasteiger partial charge in [0.2, 0.25) is 0 Å². The second-order valence-electron chi connectivity index (χ2n) is 3.49. The van der Waals surface area contributed by atoms with Crippen molar-refractivity contribution in [3.63, 3.8) is 0 Å². The lowest BCUT2D eigenvalue weighted by molar-refractivity contribution is 0.129. The Balaban J connectivity index is 3.81. The van der Waals surface area contributed by atoms with Gasteiger partial charge >= 0.3 is 0 Å². The zero-order valence-electron chi connectivity index (χ0n) is 8.35. The molecule has 0 spiro atoms. The average molecular weight is 159 g/mol. The first-order chi connectivity index (χ1) is 5.13. The Morgan fingerprint density at radius 1 is 1.27 bits per heavy atom. The van der Waals surface area contributed by atoms with E-state index in [1.807, 2.05) is 7.05 Å². The first-order valence-electron chi connectivity index (χ1n) is 4.29. The molecular formula is C9H21NO. The van der Waals surface area contributed by atoms with E-state index in [1.165, 1.54) is 0 Å². The van der Waals surface area contributed by atoms with Gasteiger partial charge < -0.3 is 10.1 Å². The quantitative estimate of drug-likeness (QED) is 0.656. The molecule has 0 amide bonds. The SMILES string of the molecule is CNC(C(C)C)C(C)COC. The van der Waals surface area contributed by atoms with Crippen LogP contribution in [-0.2, 0) is 4.74 Å². The molecule has 0 saturated carbocycles. The van der Waals surface area contributed by atoms with Crippen LogP contribution >= 0.6 is 0 Å². The van der Waals surface area contributed by atoms with Crippen LogP contribution in [0.3, 0.4) is 0 Å². The fourth-order valence-corrected chi connectivity index (χ4v) is 1.64. The van der Waals surface area contributed by atoms with E-state index in [-0.39, 0.29) is 0 Å². The maximum absolute atomic E-state index is 5.10. The zero-order chi connectivity index (χ0) is 8.85. The summed E-state index contributed by atoms with van der Waals surface area (Å²) >= 11 is 0. The smallest absolute Gasteiger partial charge is 0.0502 e. The van der Waals surface area contributed by atoms with Crippen molar-refractivity contribution in [1.82, 2.24) is 5.32 Å². The minimum Gasteiger partial charge on any atom is -0.384 e. The van der Waals surface area contributed by atoms with E-state index >= 15 is 0 Å². The van der Waals surface area contributed by atoms with Crippen LogP contribution in [-0.4, -0.2) is 26.8 Å². The van der Waals surface area contributed by atoms with Gasteiger partial charge in [0.05, 0.1) is 6.61 Å². The minimum atomic E-state index is 0.565. The van der Waals surface area contributed by atoms with Crippen LogP contribution in [0.4, 0.5) is 0 Å². The largest absolute Gasteiger partial charge is 0.384 e. The first-order valence-corrected chi connectivity index (χ1v) is 4.29. The standard InChI is InChI=1S/C9H21NO/c1-7(2)9(10-4)8(3)6-11-5/h7-10H,6H2,1-5H3. The van der Waals surface area contributed by atoms with E-state index in [0.717, 1.165) is 6.61 Å². The maximum Gasteiger partial charge on any atom is 0.0502 e. The summed E-state index contributed by atoms with van der Waals surface area (Å²) in [4.78, 5) is 0. The van der Waals surface area contributed by atoms with Crippen molar-refractivity contribution in [2.45, 2.75) is 26.8 Å². The van der Waals surface area contributed by atoms with Gasteiger partial charge in [-0.15, -0.1) is 0 Å². The Morgan fingerprint density at radius 2 is 1.82 bits per heavy atom. The summed E-state index contributed by atoms with van der Waals surface area (Å²) in [6.07, 6.45) is 0. The third-order valence-electron chi connectivity index (χ3n) is 2.09. The average Bonchev–Trinajstić information content (AvgIpc) is 1.88. The van der Waals surface area contributed by atoms with E-state index in [1.54, 1.807) is 7.11 Å². The molecule has 0 aromatic heterocycles. The number of rotatable bonds is 5. The Bertz CT molecular complexity index is 93.6. The van der Waals surface area contributed by atoms with Crippen molar-refractivity contribution in [2.75, 3.05) is 20.8 Å². The van der Waals surface area contributed by atoms with Crippen LogP contribution in [0, 0.1) is 11.8 Å². The molecule has 11 heavy (non-hydrogen) atoms. The Hall–Kier alpha value is -0.0800. The number of methoxy groups -OCH3 is 1. The topological polar surface area (TPSA) is 21.3 Å². The van der Waals surface area contributed by atoms with Crippen molar-refractivity contribution < 1.29 is 4.74 Å². The molecule has 1 N–H and O–H groups in total. The Labute approximate surface area is 70.3 Å². The highest BCUT2D eigenvalue weighted by molar-refractivity contribution is 4.74. The summed E-state index contributed by atoms with van der Waals surface area (Å²) in [6, 6.07) is 0.565. The lowest BCUT2D eigenvalue weighted by atomic mass is 9.93. The molecule has 0 aliphatic carbocycles. The van der Waals surface area contributed by atoms with Crippen LogP contribution in [0.15, 0.2) is 0 Å². The molecule has 2 nitrogen and oxygen atoms in total. The normalized spacial score (nSPS) is 16.9. The number of ether oxygens (including phenoxy) is 1. The molecule has 0 saturated heterocycles. The van der Waals surface area contributed by atoms with Gasteiger partial charge in [-0.25, -0.2) is 0 Å². The second kappa shape index (κ2) is 5.56. The van der Waals surface area contributed by atoms with Crippen LogP contribution in [0.5, 0.6) is 0 Å².